The molecule has 6 nitrogen and oxygen atoms in total. The molecule has 2 aromatic rings. The van der Waals surface area contributed by atoms with Crippen LogP contribution in [0.4, 0.5) is 11.4 Å². The number of nitrogens with zero attached hydrogens (tertiary/aromatic N) is 1. The molecular formula is C17H16Cl2N2O4S. The first-order valence-electron chi connectivity index (χ1n) is 7.84. The summed E-state index contributed by atoms with van der Waals surface area (Å²) in [4.78, 5) is 12.6. The Morgan fingerprint density at radius 1 is 1.23 bits per heavy atom. The fraction of sp³-hybridized carbons (Fsp3) is 0.235. The Kier molecular flexibility index (Phi) is 5.32. The molecule has 0 unspecified atom stereocenters. The van der Waals surface area contributed by atoms with Crippen molar-refractivity contribution in [1.82, 2.24) is 0 Å². The molecule has 0 spiro atoms. The highest BCUT2D eigenvalue weighted by Crippen LogP contribution is 2.35. The van der Waals surface area contributed by atoms with Crippen LogP contribution < -0.4 is 14.4 Å². The van der Waals surface area contributed by atoms with Crippen molar-refractivity contribution in [3.8, 4) is 5.75 Å². The molecular weight excluding hydrogens is 399 g/mol. The van der Waals surface area contributed by atoms with Crippen LogP contribution in [0.1, 0.15) is 6.92 Å². The van der Waals surface area contributed by atoms with E-state index in [2.05, 4.69) is 5.32 Å². The van der Waals surface area contributed by atoms with E-state index in [-0.39, 0.29) is 12.3 Å². The lowest BCUT2D eigenvalue weighted by molar-refractivity contribution is -0.122. The predicted molar refractivity (Wildman–Crippen MR) is 103 cm³/mol. The van der Waals surface area contributed by atoms with Crippen molar-refractivity contribution in [1.29, 1.82) is 0 Å². The summed E-state index contributed by atoms with van der Waals surface area (Å²) in [6, 6.07) is 11.4. The number of halogens is 2. The van der Waals surface area contributed by atoms with E-state index in [1.54, 1.807) is 43.3 Å². The Morgan fingerprint density at radius 2 is 1.96 bits per heavy atom. The second-order valence-electron chi connectivity index (χ2n) is 5.62. The number of carbonyl (C=O) groups excluding carboxylic acids is 1. The Labute approximate surface area is 161 Å². The lowest BCUT2D eigenvalue weighted by Crippen LogP contribution is -2.49. The molecule has 0 aliphatic carbocycles. The molecule has 1 atom stereocenters. The molecule has 1 N–H and O–H groups in total. The first kappa shape index (κ1) is 18.8. The number of ether oxygens (including phenoxy) is 1. The van der Waals surface area contributed by atoms with Gasteiger partial charge < -0.3 is 10.1 Å². The molecule has 0 aromatic heterocycles. The van der Waals surface area contributed by atoms with Crippen LogP contribution in [-0.4, -0.2) is 32.7 Å². The van der Waals surface area contributed by atoms with Crippen LogP contribution >= 0.6 is 23.2 Å². The fourth-order valence-electron chi connectivity index (χ4n) is 2.55. The molecule has 1 amide bonds. The molecule has 2 aromatic carbocycles. The predicted octanol–water partition coefficient (Wildman–Crippen LogP) is 3.55. The van der Waals surface area contributed by atoms with Gasteiger partial charge in [-0.15, -0.1) is 0 Å². The number of hydrogen-bond donors (Lipinski definition) is 1. The van der Waals surface area contributed by atoms with E-state index in [1.807, 2.05) is 0 Å². The second kappa shape index (κ2) is 7.34. The molecule has 0 saturated carbocycles. The van der Waals surface area contributed by atoms with Crippen LogP contribution in [0.15, 0.2) is 42.5 Å². The van der Waals surface area contributed by atoms with E-state index in [1.165, 1.54) is 10.4 Å². The van der Waals surface area contributed by atoms with Gasteiger partial charge in [0.2, 0.25) is 10.0 Å². The summed E-state index contributed by atoms with van der Waals surface area (Å²) in [7, 11) is -3.55. The second-order valence-corrected chi connectivity index (χ2v) is 8.62. The van der Waals surface area contributed by atoms with Gasteiger partial charge in [-0.05, 0) is 37.3 Å². The quantitative estimate of drug-likeness (QED) is 0.829. The van der Waals surface area contributed by atoms with E-state index in [0.717, 1.165) is 0 Å². The maximum Gasteiger partial charge on any atom is 0.267 e. The first-order chi connectivity index (χ1) is 12.3. The number of para-hydroxylation sites is 2. The van der Waals surface area contributed by atoms with Gasteiger partial charge in [0.25, 0.3) is 5.91 Å². The summed E-state index contributed by atoms with van der Waals surface area (Å²) < 4.78 is 31.8. The fourth-order valence-corrected chi connectivity index (χ4v) is 3.98. The Hall–Kier alpha value is -1.96. The summed E-state index contributed by atoms with van der Waals surface area (Å²) in [5.74, 6) is -0.220. The highest BCUT2D eigenvalue weighted by atomic mass is 35.5. The van der Waals surface area contributed by atoms with Gasteiger partial charge in [-0.1, -0.05) is 35.3 Å². The summed E-state index contributed by atoms with van der Waals surface area (Å²) >= 11 is 11.8. The number of sulfonamides is 1. The molecule has 0 saturated heterocycles. The van der Waals surface area contributed by atoms with Crippen LogP contribution in [0.25, 0.3) is 0 Å². The van der Waals surface area contributed by atoms with Gasteiger partial charge in [0, 0.05) is 5.69 Å². The van der Waals surface area contributed by atoms with E-state index in [0.29, 0.717) is 27.2 Å². The average Bonchev–Trinajstić information content (AvgIpc) is 2.63. The maximum atomic E-state index is 12.6. The third kappa shape index (κ3) is 3.75. The maximum absolute atomic E-state index is 12.6. The minimum atomic E-state index is -3.55. The third-order valence-corrected chi connectivity index (χ3v) is 6.40. The van der Waals surface area contributed by atoms with Crippen LogP contribution in [-0.2, 0) is 14.8 Å². The van der Waals surface area contributed by atoms with E-state index < -0.39 is 22.0 Å². The highest BCUT2D eigenvalue weighted by molar-refractivity contribution is 7.92. The molecule has 1 heterocycles. The molecule has 3 rings (SSSR count). The van der Waals surface area contributed by atoms with Gasteiger partial charge in [0.15, 0.2) is 6.10 Å². The summed E-state index contributed by atoms with van der Waals surface area (Å²) in [5, 5.41) is 3.34. The van der Waals surface area contributed by atoms with Crippen LogP contribution in [0.3, 0.4) is 0 Å². The Morgan fingerprint density at radius 3 is 2.65 bits per heavy atom. The third-order valence-electron chi connectivity index (χ3n) is 3.91. The summed E-state index contributed by atoms with van der Waals surface area (Å²) in [5.41, 5.74) is 0.865. The normalized spacial score (nSPS) is 16.6. The number of amides is 1. The Bertz CT molecular complexity index is 950. The number of fused-ring (bicyclic) bond motifs is 1. The number of hydrogen-bond acceptors (Lipinski definition) is 4. The van der Waals surface area contributed by atoms with Gasteiger partial charge in [-0.25, -0.2) is 8.42 Å². The van der Waals surface area contributed by atoms with Crippen molar-refractivity contribution < 1.29 is 17.9 Å². The molecule has 9 heteroatoms. The number of anilines is 2. The molecule has 26 heavy (non-hydrogen) atoms. The van der Waals surface area contributed by atoms with E-state index >= 15 is 0 Å². The number of rotatable bonds is 4. The highest BCUT2D eigenvalue weighted by Gasteiger charge is 2.35. The van der Waals surface area contributed by atoms with Crippen molar-refractivity contribution >= 4 is 50.5 Å². The first-order valence-corrected chi connectivity index (χ1v) is 10.2. The van der Waals surface area contributed by atoms with Gasteiger partial charge in [0.1, 0.15) is 5.75 Å². The lowest BCUT2D eigenvalue weighted by Gasteiger charge is -2.34. The van der Waals surface area contributed by atoms with E-state index in [9.17, 15) is 13.2 Å². The zero-order valence-corrected chi connectivity index (χ0v) is 16.1. The minimum absolute atomic E-state index is 0.0809. The summed E-state index contributed by atoms with van der Waals surface area (Å²) in [6.07, 6.45) is -0.999. The lowest BCUT2D eigenvalue weighted by atomic mass is 10.2. The van der Waals surface area contributed by atoms with Crippen LogP contribution in [0.5, 0.6) is 5.75 Å². The largest absolute Gasteiger partial charge is 0.476 e. The van der Waals surface area contributed by atoms with E-state index in [4.69, 9.17) is 27.9 Å². The van der Waals surface area contributed by atoms with Crippen molar-refractivity contribution in [2.45, 2.75) is 13.0 Å². The SMILES string of the molecule is CCS(=O)(=O)N1C[C@@H](C(=O)Nc2ccc(Cl)c(Cl)c2)Oc2ccccc21. The molecule has 0 radical (unpaired) electrons. The topological polar surface area (TPSA) is 75.7 Å². The molecule has 1 aliphatic heterocycles. The van der Waals surface area contributed by atoms with Crippen molar-refractivity contribution in [2.24, 2.45) is 0 Å². The zero-order valence-electron chi connectivity index (χ0n) is 13.8. The van der Waals surface area contributed by atoms with Gasteiger partial charge in [-0.3, -0.25) is 9.10 Å². The monoisotopic (exact) mass is 414 g/mol. The number of nitrogens with one attached hydrogen (secondary N) is 1. The molecule has 0 fully saturated rings. The van der Waals surface area contributed by atoms with Gasteiger partial charge >= 0.3 is 0 Å². The van der Waals surface area contributed by atoms with Crippen LogP contribution in [0, 0.1) is 0 Å². The molecule has 0 bridgehead atoms. The van der Waals surface area contributed by atoms with Gasteiger partial charge in [-0.2, -0.15) is 0 Å². The summed E-state index contributed by atoms with van der Waals surface area (Å²) in [6.45, 7) is 1.44. The average molecular weight is 415 g/mol. The van der Waals surface area contributed by atoms with Crippen molar-refractivity contribution in [2.75, 3.05) is 21.9 Å². The zero-order chi connectivity index (χ0) is 18.9. The molecule has 138 valence electrons. The smallest absolute Gasteiger partial charge is 0.267 e. The van der Waals surface area contributed by atoms with Crippen molar-refractivity contribution in [3.05, 3.63) is 52.5 Å². The van der Waals surface area contributed by atoms with Gasteiger partial charge in [0.05, 0.1) is 28.0 Å². The standard InChI is InChI=1S/C17H16Cl2N2O4S/c1-2-26(23,24)21-10-16(25-15-6-4-3-5-14(15)21)17(22)20-11-7-8-12(18)13(19)9-11/h3-9,16H,2,10H2,1H3,(H,20,22)/t16-/m0/s1. The van der Waals surface area contributed by atoms with Crippen LogP contribution in [0.2, 0.25) is 10.0 Å². The van der Waals surface area contributed by atoms with Crippen molar-refractivity contribution in [3.63, 3.8) is 0 Å². The number of carbonyl (C=O) groups is 1. The molecule has 1 aliphatic rings. The number of benzene rings is 2. The Balaban J connectivity index is 1.87. The minimum Gasteiger partial charge on any atom is -0.476 e.